The van der Waals surface area contributed by atoms with Crippen LogP contribution in [-0.2, 0) is 14.8 Å². The van der Waals surface area contributed by atoms with Crippen LogP contribution in [-0.4, -0.2) is 20.9 Å². The van der Waals surface area contributed by atoms with E-state index < -0.39 is 22.5 Å². The van der Waals surface area contributed by atoms with Crippen molar-refractivity contribution in [3.8, 4) is 0 Å². The molecule has 0 heterocycles. The number of hydrogen-bond acceptors (Lipinski definition) is 4. The zero-order chi connectivity index (χ0) is 21.6. The van der Waals surface area contributed by atoms with E-state index in [4.69, 9.17) is 0 Å². The van der Waals surface area contributed by atoms with E-state index >= 15 is 0 Å². The number of carbonyl (C=O) groups is 1. The van der Waals surface area contributed by atoms with Gasteiger partial charge in [-0.3, -0.25) is 20.0 Å². The van der Waals surface area contributed by atoms with Gasteiger partial charge in [-0.1, -0.05) is 72.8 Å². The van der Waals surface area contributed by atoms with Crippen LogP contribution in [0.4, 0.5) is 5.69 Å². The van der Waals surface area contributed by atoms with Gasteiger partial charge in [0.25, 0.3) is 15.9 Å². The minimum atomic E-state index is -3.93. The third-order valence-corrected chi connectivity index (χ3v) is 6.20. The second-order valence-corrected chi connectivity index (χ2v) is 8.54. The van der Waals surface area contributed by atoms with Crippen LogP contribution in [0.3, 0.4) is 0 Å². The SMILES string of the molecule is C=C(NNC(=O)CN(c1ccc(C)cc1)S(=O)(=O)c1ccccc1)c1ccccc1. The first-order valence-corrected chi connectivity index (χ1v) is 10.8. The van der Waals surface area contributed by atoms with Crippen LogP contribution in [0.15, 0.2) is 96.4 Å². The highest BCUT2D eigenvalue weighted by Gasteiger charge is 2.27. The van der Waals surface area contributed by atoms with E-state index in [-0.39, 0.29) is 4.90 Å². The minimum Gasteiger partial charge on any atom is -0.299 e. The predicted octanol–water partition coefficient (Wildman–Crippen LogP) is 3.48. The summed E-state index contributed by atoms with van der Waals surface area (Å²) in [5.41, 5.74) is 7.96. The van der Waals surface area contributed by atoms with Gasteiger partial charge in [0.05, 0.1) is 16.3 Å². The first-order valence-electron chi connectivity index (χ1n) is 9.31. The molecule has 0 bridgehead atoms. The third kappa shape index (κ3) is 5.07. The van der Waals surface area contributed by atoms with Crippen LogP contribution < -0.4 is 15.2 Å². The molecule has 0 atom stereocenters. The summed E-state index contributed by atoms with van der Waals surface area (Å²) in [5.74, 6) is -0.521. The Kier molecular flexibility index (Phi) is 6.54. The number of nitrogens with one attached hydrogen (secondary N) is 2. The molecule has 0 saturated carbocycles. The highest BCUT2D eigenvalue weighted by Crippen LogP contribution is 2.23. The molecule has 0 aliphatic carbocycles. The highest BCUT2D eigenvalue weighted by molar-refractivity contribution is 7.92. The molecule has 154 valence electrons. The number of nitrogens with zero attached hydrogens (tertiary/aromatic N) is 1. The zero-order valence-corrected chi connectivity index (χ0v) is 17.4. The van der Waals surface area contributed by atoms with Crippen LogP contribution >= 0.6 is 0 Å². The molecule has 0 saturated heterocycles. The number of hydrazine groups is 1. The van der Waals surface area contributed by atoms with Gasteiger partial charge in [0.15, 0.2) is 0 Å². The molecule has 3 aromatic carbocycles. The predicted molar refractivity (Wildman–Crippen MR) is 119 cm³/mol. The van der Waals surface area contributed by atoms with Crippen LogP contribution in [0.5, 0.6) is 0 Å². The van der Waals surface area contributed by atoms with Crippen molar-refractivity contribution in [2.45, 2.75) is 11.8 Å². The summed E-state index contributed by atoms with van der Waals surface area (Å²) in [6, 6.07) is 24.3. The summed E-state index contributed by atoms with van der Waals surface area (Å²) in [7, 11) is -3.93. The Morgan fingerprint density at radius 1 is 0.867 bits per heavy atom. The molecule has 0 unspecified atom stereocenters. The Labute approximate surface area is 176 Å². The van der Waals surface area contributed by atoms with Gasteiger partial charge >= 0.3 is 0 Å². The molecular formula is C23H23N3O3S. The largest absolute Gasteiger partial charge is 0.299 e. The van der Waals surface area contributed by atoms with Gasteiger partial charge in [0, 0.05) is 0 Å². The molecule has 0 radical (unpaired) electrons. The lowest BCUT2D eigenvalue weighted by atomic mass is 10.2. The van der Waals surface area contributed by atoms with Crippen molar-refractivity contribution in [1.82, 2.24) is 10.9 Å². The third-order valence-electron chi connectivity index (χ3n) is 4.42. The van der Waals surface area contributed by atoms with E-state index in [1.165, 1.54) is 12.1 Å². The van der Waals surface area contributed by atoms with E-state index in [0.717, 1.165) is 15.4 Å². The number of carbonyl (C=O) groups excluding carboxylic acids is 1. The van der Waals surface area contributed by atoms with Crippen LogP contribution in [0.1, 0.15) is 11.1 Å². The summed E-state index contributed by atoms with van der Waals surface area (Å²) in [4.78, 5) is 12.7. The monoisotopic (exact) mass is 421 g/mol. The number of hydrogen-bond donors (Lipinski definition) is 2. The molecule has 2 N–H and O–H groups in total. The number of anilines is 1. The molecule has 7 heteroatoms. The van der Waals surface area contributed by atoms with E-state index in [9.17, 15) is 13.2 Å². The van der Waals surface area contributed by atoms with Gasteiger partial charge in [0.2, 0.25) is 0 Å². The fourth-order valence-corrected chi connectivity index (χ4v) is 4.21. The quantitative estimate of drug-likeness (QED) is 0.546. The summed E-state index contributed by atoms with van der Waals surface area (Å²) in [6.45, 7) is 5.40. The summed E-state index contributed by atoms with van der Waals surface area (Å²) >= 11 is 0. The van der Waals surface area contributed by atoms with E-state index in [0.29, 0.717) is 11.4 Å². The standard InChI is InChI=1S/C23H23N3O3S/c1-18-13-15-21(16-14-18)26(30(28,29)22-11-7-4-8-12-22)17-23(27)25-24-19(2)20-9-5-3-6-10-20/h3-16,24H,2,17H2,1H3,(H,25,27). The van der Waals surface area contributed by atoms with Crippen molar-refractivity contribution < 1.29 is 13.2 Å². The second kappa shape index (κ2) is 9.28. The van der Waals surface area contributed by atoms with Gasteiger partial charge in [0.1, 0.15) is 6.54 Å². The van der Waals surface area contributed by atoms with Gasteiger partial charge in [-0.2, -0.15) is 0 Å². The lowest BCUT2D eigenvalue weighted by molar-refractivity contribution is -0.120. The highest BCUT2D eigenvalue weighted by atomic mass is 32.2. The molecule has 30 heavy (non-hydrogen) atoms. The fourth-order valence-electron chi connectivity index (χ4n) is 2.77. The molecule has 3 aromatic rings. The Bertz CT molecular complexity index is 1110. The zero-order valence-electron chi connectivity index (χ0n) is 16.6. The maximum atomic E-state index is 13.2. The smallest absolute Gasteiger partial charge is 0.264 e. The van der Waals surface area contributed by atoms with Crippen molar-refractivity contribution in [2.24, 2.45) is 0 Å². The van der Waals surface area contributed by atoms with Crippen molar-refractivity contribution in [3.63, 3.8) is 0 Å². The molecule has 1 amide bonds. The molecule has 0 fully saturated rings. The summed E-state index contributed by atoms with van der Waals surface area (Å²) in [6.07, 6.45) is 0. The Balaban J connectivity index is 1.80. The van der Waals surface area contributed by atoms with Gasteiger partial charge in [-0.25, -0.2) is 8.42 Å². The first-order chi connectivity index (χ1) is 14.4. The average Bonchev–Trinajstić information content (AvgIpc) is 2.77. The molecule has 0 aliphatic rings. The summed E-state index contributed by atoms with van der Waals surface area (Å²) < 4.78 is 27.5. The molecule has 3 rings (SSSR count). The number of benzene rings is 3. The number of aryl methyl sites for hydroxylation is 1. The lowest BCUT2D eigenvalue weighted by Gasteiger charge is -2.24. The van der Waals surface area contributed by atoms with E-state index in [1.54, 1.807) is 42.5 Å². The van der Waals surface area contributed by atoms with Gasteiger partial charge in [-0.15, -0.1) is 0 Å². The molecule has 0 aliphatic heterocycles. The minimum absolute atomic E-state index is 0.111. The molecular weight excluding hydrogens is 398 g/mol. The van der Waals surface area contributed by atoms with Crippen LogP contribution in [0, 0.1) is 6.92 Å². The molecule has 0 spiro atoms. The Morgan fingerprint density at radius 3 is 2.03 bits per heavy atom. The first kappa shape index (κ1) is 21.1. The van der Waals surface area contributed by atoms with Crippen molar-refractivity contribution >= 4 is 27.3 Å². The van der Waals surface area contributed by atoms with Gasteiger partial charge < -0.3 is 0 Å². The number of rotatable bonds is 8. The number of amides is 1. The Morgan fingerprint density at radius 2 is 1.43 bits per heavy atom. The lowest BCUT2D eigenvalue weighted by Crippen LogP contribution is -2.45. The van der Waals surface area contributed by atoms with E-state index in [2.05, 4.69) is 17.4 Å². The van der Waals surface area contributed by atoms with Gasteiger partial charge in [-0.05, 0) is 36.8 Å². The maximum absolute atomic E-state index is 13.2. The van der Waals surface area contributed by atoms with Crippen molar-refractivity contribution in [3.05, 3.63) is 103 Å². The van der Waals surface area contributed by atoms with Crippen molar-refractivity contribution in [1.29, 1.82) is 0 Å². The molecule has 6 nitrogen and oxygen atoms in total. The molecule has 0 aromatic heterocycles. The van der Waals surface area contributed by atoms with Crippen molar-refractivity contribution in [2.75, 3.05) is 10.8 Å². The Hall–Kier alpha value is -3.58. The average molecular weight is 422 g/mol. The second-order valence-electron chi connectivity index (χ2n) is 6.68. The number of sulfonamides is 1. The van der Waals surface area contributed by atoms with E-state index in [1.807, 2.05) is 37.3 Å². The summed E-state index contributed by atoms with van der Waals surface area (Å²) in [5, 5.41) is 0. The van der Waals surface area contributed by atoms with Crippen LogP contribution in [0.25, 0.3) is 5.70 Å². The maximum Gasteiger partial charge on any atom is 0.264 e. The topological polar surface area (TPSA) is 78.5 Å². The van der Waals surface area contributed by atoms with Crippen LogP contribution in [0.2, 0.25) is 0 Å². The normalized spacial score (nSPS) is 10.8. The fraction of sp³-hybridized carbons (Fsp3) is 0.0870.